The highest BCUT2D eigenvalue weighted by Gasteiger charge is 2.29. The van der Waals surface area contributed by atoms with Crippen molar-refractivity contribution in [3.05, 3.63) is 36.3 Å². The Morgan fingerprint density at radius 3 is 2.97 bits per heavy atom. The van der Waals surface area contributed by atoms with E-state index in [0.717, 1.165) is 75.0 Å². The fourth-order valence-electron chi connectivity index (χ4n) is 4.52. The Morgan fingerprint density at radius 1 is 1.17 bits per heavy atom. The van der Waals surface area contributed by atoms with Crippen LogP contribution in [-0.2, 0) is 22.6 Å². The maximum Gasteiger partial charge on any atom is 0.227 e. The molecule has 0 amide bonds. The third-order valence-corrected chi connectivity index (χ3v) is 6.09. The van der Waals surface area contributed by atoms with E-state index in [2.05, 4.69) is 36.9 Å². The van der Waals surface area contributed by atoms with Gasteiger partial charge in [-0.25, -0.2) is 0 Å². The quantitative estimate of drug-likeness (QED) is 0.610. The molecular formula is C21H28N6O2. The van der Waals surface area contributed by atoms with E-state index in [9.17, 15) is 0 Å². The smallest absolute Gasteiger partial charge is 0.227 e. The van der Waals surface area contributed by atoms with Gasteiger partial charge in [0.05, 0.1) is 24.9 Å². The molecule has 2 atom stereocenters. The zero-order chi connectivity index (χ0) is 19.6. The summed E-state index contributed by atoms with van der Waals surface area (Å²) in [7, 11) is 1.78. The molecule has 0 radical (unpaired) electrons. The van der Waals surface area contributed by atoms with Gasteiger partial charge in [-0.2, -0.15) is 5.10 Å². The normalized spacial score (nSPS) is 22.2. The van der Waals surface area contributed by atoms with Gasteiger partial charge in [-0.15, -0.1) is 10.2 Å². The summed E-state index contributed by atoms with van der Waals surface area (Å²) in [5, 5.41) is 14.9. The Labute approximate surface area is 170 Å². The predicted molar refractivity (Wildman–Crippen MR) is 110 cm³/mol. The zero-order valence-corrected chi connectivity index (χ0v) is 16.9. The van der Waals surface area contributed by atoms with Crippen molar-refractivity contribution in [3.63, 3.8) is 0 Å². The fourth-order valence-corrected chi connectivity index (χ4v) is 4.52. The van der Waals surface area contributed by atoms with Crippen LogP contribution in [0.4, 0.5) is 5.95 Å². The number of methoxy groups -OCH3 is 1. The highest BCUT2D eigenvalue weighted by atomic mass is 16.5. The monoisotopic (exact) mass is 396 g/mol. The summed E-state index contributed by atoms with van der Waals surface area (Å²) in [4.78, 5) is 2.36. The molecule has 2 aromatic heterocycles. The Hall–Kier alpha value is -2.45. The zero-order valence-electron chi connectivity index (χ0n) is 16.9. The number of benzene rings is 1. The summed E-state index contributed by atoms with van der Waals surface area (Å²) in [6.07, 6.45) is 4.14. The van der Waals surface area contributed by atoms with Crippen molar-refractivity contribution in [1.82, 2.24) is 24.5 Å². The Balaban J connectivity index is 1.44. The molecule has 2 unspecified atom stereocenters. The maximum absolute atomic E-state index is 5.62. The van der Waals surface area contributed by atoms with Gasteiger partial charge in [0, 0.05) is 50.6 Å². The first-order chi connectivity index (χ1) is 14.3. The van der Waals surface area contributed by atoms with E-state index < -0.39 is 0 Å². The van der Waals surface area contributed by atoms with Gasteiger partial charge < -0.3 is 14.4 Å². The molecule has 8 heteroatoms. The lowest BCUT2D eigenvalue weighted by molar-refractivity contribution is 0.160. The number of aromatic nitrogens is 5. The molecule has 0 spiro atoms. The van der Waals surface area contributed by atoms with Gasteiger partial charge in [-0.1, -0.05) is 18.2 Å². The van der Waals surface area contributed by atoms with Crippen LogP contribution < -0.4 is 4.90 Å². The van der Waals surface area contributed by atoms with Crippen LogP contribution in [0.2, 0.25) is 0 Å². The van der Waals surface area contributed by atoms with Crippen LogP contribution in [0, 0.1) is 11.8 Å². The summed E-state index contributed by atoms with van der Waals surface area (Å²) in [5.74, 6) is 2.99. The number of ether oxygens (including phenoxy) is 2. The first-order valence-corrected chi connectivity index (χ1v) is 10.5. The molecule has 29 heavy (non-hydrogen) atoms. The molecule has 0 N–H and O–H groups in total. The van der Waals surface area contributed by atoms with Gasteiger partial charge in [0.2, 0.25) is 5.95 Å². The van der Waals surface area contributed by atoms with E-state index >= 15 is 0 Å². The minimum Gasteiger partial charge on any atom is -0.384 e. The van der Waals surface area contributed by atoms with Crippen LogP contribution in [0.3, 0.4) is 0 Å². The molecule has 2 aliphatic heterocycles. The predicted octanol–water partition coefficient (Wildman–Crippen LogP) is 2.19. The molecule has 0 bridgehead atoms. The topological polar surface area (TPSA) is 70.2 Å². The second-order valence-corrected chi connectivity index (χ2v) is 8.17. The largest absolute Gasteiger partial charge is 0.384 e. The number of nitrogens with zero attached hydrogens (tertiary/aromatic N) is 6. The number of hydrogen-bond donors (Lipinski definition) is 0. The van der Waals surface area contributed by atoms with Crippen LogP contribution in [0.15, 0.2) is 30.5 Å². The van der Waals surface area contributed by atoms with Crippen LogP contribution >= 0.6 is 0 Å². The summed E-state index contributed by atoms with van der Waals surface area (Å²) in [5.41, 5.74) is 1.12. The lowest BCUT2D eigenvalue weighted by Gasteiger charge is -2.21. The summed E-state index contributed by atoms with van der Waals surface area (Å²) in [6.45, 7) is 5.93. The van der Waals surface area contributed by atoms with Crippen molar-refractivity contribution in [2.24, 2.45) is 11.8 Å². The van der Waals surface area contributed by atoms with Crippen LogP contribution in [0.1, 0.15) is 18.7 Å². The van der Waals surface area contributed by atoms with E-state index in [1.165, 1.54) is 0 Å². The molecule has 2 saturated heterocycles. The average molecular weight is 396 g/mol. The molecule has 2 aliphatic rings. The minimum absolute atomic E-state index is 0.509. The average Bonchev–Trinajstić information content (AvgIpc) is 3.52. The molecule has 5 rings (SSSR count). The van der Waals surface area contributed by atoms with E-state index in [1.807, 2.05) is 23.0 Å². The highest BCUT2D eigenvalue weighted by molar-refractivity contribution is 5.78. The fraction of sp³-hybridized carbons (Fsp3) is 0.571. The van der Waals surface area contributed by atoms with Crippen molar-refractivity contribution in [1.29, 1.82) is 0 Å². The van der Waals surface area contributed by atoms with Crippen molar-refractivity contribution >= 4 is 16.9 Å². The molecule has 3 aromatic rings. The van der Waals surface area contributed by atoms with Crippen LogP contribution in [0.5, 0.6) is 0 Å². The van der Waals surface area contributed by atoms with Gasteiger partial charge in [0.1, 0.15) is 6.54 Å². The number of anilines is 1. The Bertz CT molecular complexity index is 961. The molecular weight excluding hydrogens is 368 g/mol. The lowest BCUT2D eigenvalue weighted by atomic mass is 10.1. The second kappa shape index (κ2) is 8.12. The van der Waals surface area contributed by atoms with Crippen molar-refractivity contribution in [3.8, 4) is 0 Å². The number of rotatable bonds is 7. The second-order valence-electron chi connectivity index (χ2n) is 8.17. The van der Waals surface area contributed by atoms with Crippen molar-refractivity contribution < 1.29 is 9.47 Å². The summed E-state index contributed by atoms with van der Waals surface area (Å²) in [6, 6.07) is 8.28. The Kier molecular flexibility index (Phi) is 5.20. The first-order valence-electron chi connectivity index (χ1n) is 10.5. The van der Waals surface area contributed by atoms with Gasteiger partial charge in [-0.3, -0.25) is 9.25 Å². The maximum atomic E-state index is 5.62. The first kappa shape index (κ1) is 18.6. The van der Waals surface area contributed by atoms with Crippen LogP contribution in [0.25, 0.3) is 10.9 Å². The summed E-state index contributed by atoms with van der Waals surface area (Å²) >= 11 is 0. The Morgan fingerprint density at radius 2 is 2.10 bits per heavy atom. The van der Waals surface area contributed by atoms with Gasteiger partial charge in [0.15, 0.2) is 5.82 Å². The number of hydrogen-bond acceptors (Lipinski definition) is 6. The van der Waals surface area contributed by atoms with Gasteiger partial charge >= 0.3 is 0 Å². The van der Waals surface area contributed by atoms with Crippen molar-refractivity contribution in [2.75, 3.05) is 44.9 Å². The van der Waals surface area contributed by atoms with E-state index in [4.69, 9.17) is 9.47 Å². The number of para-hydroxylation sites is 1. The molecule has 4 heterocycles. The van der Waals surface area contributed by atoms with Crippen LogP contribution in [-0.4, -0.2) is 64.6 Å². The third kappa shape index (κ3) is 3.74. The van der Waals surface area contributed by atoms with E-state index in [1.54, 1.807) is 7.11 Å². The van der Waals surface area contributed by atoms with Gasteiger partial charge in [-0.05, 0) is 18.9 Å². The van der Waals surface area contributed by atoms with E-state index in [-0.39, 0.29) is 0 Å². The highest BCUT2D eigenvalue weighted by Crippen LogP contribution is 2.26. The lowest BCUT2D eigenvalue weighted by Crippen LogP contribution is -2.26. The molecule has 0 saturated carbocycles. The molecule has 8 nitrogen and oxygen atoms in total. The van der Waals surface area contributed by atoms with Gasteiger partial charge in [0.25, 0.3) is 0 Å². The number of fused-ring (bicyclic) bond motifs is 1. The third-order valence-electron chi connectivity index (χ3n) is 6.09. The molecule has 1 aromatic carbocycles. The standard InChI is InChI=1S/C21H28N6O2/c1-28-14-16-6-8-25(11-16)21-24-23-20(26(21)12-17-7-9-29-15-17)13-27-19-5-3-2-4-18(19)10-22-27/h2-5,10,16-17H,6-9,11-15H2,1H3. The van der Waals surface area contributed by atoms with Crippen molar-refractivity contribution in [2.45, 2.75) is 25.9 Å². The summed E-state index contributed by atoms with van der Waals surface area (Å²) < 4.78 is 15.3. The molecule has 0 aliphatic carbocycles. The minimum atomic E-state index is 0.509. The molecule has 2 fully saturated rings. The van der Waals surface area contributed by atoms with E-state index in [0.29, 0.717) is 18.4 Å². The molecule has 154 valence electrons. The SMILES string of the molecule is COCC1CCN(c2nnc(Cn3ncc4ccccc43)n2CC2CCOC2)C1.